The van der Waals surface area contributed by atoms with Gasteiger partial charge in [-0.25, -0.2) is 8.42 Å². The minimum absolute atomic E-state index is 0.0225. The number of hydrogen-bond acceptors (Lipinski definition) is 7. The summed E-state index contributed by atoms with van der Waals surface area (Å²) < 4.78 is 27.8. The van der Waals surface area contributed by atoms with E-state index in [1.54, 1.807) is 13.8 Å². The molecule has 32 heavy (non-hydrogen) atoms. The Morgan fingerprint density at radius 3 is 2.44 bits per heavy atom. The second kappa shape index (κ2) is 12.8. The van der Waals surface area contributed by atoms with Crippen LogP contribution in [0.4, 0.5) is 5.13 Å². The SMILES string of the molecule is CCCCCCCCc1nnc(NC(=O)Cn2cc(S(=O)(=O)N(CC)CC)ccc2=O)s1. The van der Waals surface area contributed by atoms with Crippen molar-refractivity contribution >= 4 is 32.4 Å². The fraction of sp³-hybridized carbons (Fsp3) is 0.619. The Labute approximate surface area is 193 Å². The van der Waals surface area contributed by atoms with Gasteiger partial charge in [0.05, 0.1) is 4.90 Å². The Balaban J connectivity index is 1.96. The molecule has 2 heterocycles. The number of nitrogens with one attached hydrogen (secondary N) is 1. The van der Waals surface area contributed by atoms with Crippen LogP contribution in [0.15, 0.2) is 28.0 Å². The van der Waals surface area contributed by atoms with Crippen LogP contribution in [0, 0.1) is 0 Å². The maximum Gasteiger partial charge on any atom is 0.251 e. The smallest absolute Gasteiger partial charge is 0.251 e. The molecule has 2 aromatic rings. The fourth-order valence-electron chi connectivity index (χ4n) is 3.27. The average molecular weight is 484 g/mol. The quantitative estimate of drug-likeness (QED) is 0.413. The first-order chi connectivity index (χ1) is 15.3. The van der Waals surface area contributed by atoms with Gasteiger partial charge < -0.3 is 4.57 Å². The van der Waals surface area contributed by atoms with Crippen molar-refractivity contribution in [1.29, 1.82) is 0 Å². The van der Waals surface area contributed by atoms with Crippen LogP contribution in [0.2, 0.25) is 0 Å². The first-order valence-corrected chi connectivity index (χ1v) is 13.4. The first kappa shape index (κ1) is 26.1. The van der Waals surface area contributed by atoms with Crippen LogP contribution < -0.4 is 10.9 Å². The average Bonchev–Trinajstić information content (AvgIpc) is 3.19. The zero-order valence-corrected chi connectivity index (χ0v) is 20.7. The van der Waals surface area contributed by atoms with E-state index in [4.69, 9.17) is 0 Å². The van der Waals surface area contributed by atoms with E-state index in [0.29, 0.717) is 18.2 Å². The highest BCUT2D eigenvalue weighted by Crippen LogP contribution is 2.18. The van der Waals surface area contributed by atoms with Crippen molar-refractivity contribution in [3.63, 3.8) is 0 Å². The Kier molecular flexibility index (Phi) is 10.5. The molecular formula is C21H33N5O4S2. The molecule has 0 aliphatic heterocycles. The summed E-state index contributed by atoms with van der Waals surface area (Å²) in [4.78, 5) is 24.6. The maximum absolute atomic E-state index is 12.7. The Bertz CT molecular complexity index is 1030. The summed E-state index contributed by atoms with van der Waals surface area (Å²) in [5, 5.41) is 12.0. The predicted molar refractivity (Wildman–Crippen MR) is 126 cm³/mol. The number of carbonyl (C=O) groups is 1. The molecule has 9 nitrogen and oxygen atoms in total. The third-order valence-corrected chi connectivity index (χ3v) is 8.00. The highest BCUT2D eigenvalue weighted by Gasteiger charge is 2.22. The van der Waals surface area contributed by atoms with Crippen LogP contribution in [0.1, 0.15) is 64.3 Å². The maximum atomic E-state index is 12.7. The summed E-state index contributed by atoms with van der Waals surface area (Å²) in [5.41, 5.74) is -0.459. The lowest BCUT2D eigenvalue weighted by atomic mass is 10.1. The number of carbonyl (C=O) groups excluding carboxylic acids is 1. The predicted octanol–water partition coefficient (Wildman–Crippen LogP) is 3.27. The van der Waals surface area contributed by atoms with Crippen LogP contribution in [-0.4, -0.2) is 46.5 Å². The van der Waals surface area contributed by atoms with Crippen LogP contribution in [0.5, 0.6) is 0 Å². The minimum Gasteiger partial charge on any atom is -0.305 e. The molecule has 0 fully saturated rings. The molecule has 0 aliphatic carbocycles. The number of sulfonamides is 1. The second-order valence-electron chi connectivity index (χ2n) is 7.49. The molecule has 1 amide bonds. The number of aromatic nitrogens is 3. The molecule has 0 saturated carbocycles. The molecule has 0 aliphatic rings. The highest BCUT2D eigenvalue weighted by atomic mass is 32.2. The Morgan fingerprint density at radius 2 is 1.75 bits per heavy atom. The number of rotatable bonds is 14. The standard InChI is InChI=1S/C21H33N5O4S2/c1-4-7-8-9-10-11-12-19-23-24-21(31-19)22-18(27)16-25-15-17(13-14-20(25)28)32(29,30)26(5-2)6-3/h13-15H,4-12,16H2,1-3H3,(H,22,24,27). The van der Waals surface area contributed by atoms with E-state index in [1.165, 1.54) is 53.6 Å². The molecule has 0 spiro atoms. The molecule has 0 atom stereocenters. The van der Waals surface area contributed by atoms with Gasteiger partial charge in [0.25, 0.3) is 5.56 Å². The summed E-state index contributed by atoms with van der Waals surface area (Å²) in [6.45, 7) is 6.00. The van der Waals surface area contributed by atoms with Gasteiger partial charge in [-0.15, -0.1) is 10.2 Å². The monoisotopic (exact) mass is 483 g/mol. The van der Waals surface area contributed by atoms with Gasteiger partial charge in [0.2, 0.25) is 21.1 Å². The van der Waals surface area contributed by atoms with E-state index in [-0.39, 0.29) is 11.4 Å². The van der Waals surface area contributed by atoms with E-state index >= 15 is 0 Å². The number of pyridine rings is 1. The third-order valence-electron chi connectivity index (χ3n) is 5.07. The molecule has 0 aromatic carbocycles. The van der Waals surface area contributed by atoms with E-state index in [0.717, 1.165) is 34.9 Å². The number of nitrogens with zero attached hydrogens (tertiary/aromatic N) is 4. The van der Waals surface area contributed by atoms with E-state index < -0.39 is 21.5 Å². The van der Waals surface area contributed by atoms with Crippen molar-refractivity contribution in [2.24, 2.45) is 0 Å². The van der Waals surface area contributed by atoms with Gasteiger partial charge in [-0.3, -0.25) is 14.9 Å². The molecule has 11 heteroatoms. The van der Waals surface area contributed by atoms with Crippen molar-refractivity contribution in [3.05, 3.63) is 33.7 Å². The Morgan fingerprint density at radius 1 is 1.06 bits per heavy atom. The normalized spacial score (nSPS) is 11.8. The van der Waals surface area contributed by atoms with Gasteiger partial charge >= 0.3 is 0 Å². The molecule has 178 valence electrons. The van der Waals surface area contributed by atoms with Crippen molar-refractivity contribution in [2.45, 2.75) is 77.2 Å². The van der Waals surface area contributed by atoms with Crippen LogP contribution in [-0.2, 0) is 27.8 Å². The first-order valence-electron chi connectivity index (χ1n) is 11.1. The largest absolute Gasteiger partial charge is 0.305 e. The lowest BCUT2D eigenvalue weighted by Gasteiger charge is -2.18. The topological polar surface area (TPSA) is 114 Å². The molecule has 0 radical (unpaired) electrons. The molecule has 0 unspecified atom stereocenters. The minimum atomic E-state index is -3.73. The van der Waals surface area contributed by atoms with Gasteiger partial charge in [0, 0.05) is 31.8 Å². The number of hydrogen-bond donors (Lipinski definition) is 1. The van der Waals surface area contributed by atoms with Crippen LogP contribution >= 0.6 is 11.3 Å². The Hall–Kier alpha value is -2.11. The summed E-state index contributed by atoms with van der Waals surface area (Å²) in [7, 11) is -3.73. The van der Waals surface area contributed by atoms with Crippen LogP contribution in [0.25, 0.3) is 0 Å². The number of unbranched alkanes of at least 4 members (excludes halogenated alkanes) is 5. The third kappa shape index (κ3) is 7.49. The number of aryl methyl sites for hydroxylation is 1. The van der Waals surface area contributed by atoms with Crippen molar-refractivity contribution in [1.82, 2.24) is 19.1 Å². The van der Waals surface area contributed by atoms with Gasteiger partial charge in [0.1, 0.15) is 11.6 Å². The lowest BCUT2D eigenvalue weighted by Crippen LogP contribution is -2.33. The second-order valence-corrected chi connectivity index (χ2v) is 10.5. The van der Waals surface area contributed by atoms with Gasteiger partial charge in [-0.2, -0.15) is 4.31 Å². The lowest BCUT2D eigenvalue weighted by molar-refractivity contribution is -0.116. The summed E-state index contributed by atoms with van der Waals surface area (Å²) in [6, 6.07) is 2.43. The van der Waals surface area contributed by atoms with E-state index in [1.807, 2.05) is 0 Å². The van der Waals surface area contributed by atoms with E-state index in [2.05, 4.69) is 22.4 Å². The molecule has 0 bridgehead atoms. The van der Waals surface area contributed by atoms with E-state index in [9.17, 15) is 18.0 Å². The molecule has 0 saturated heterocycles. The van der Waals surface area contributed by atoms with Gasteiger partial charge in [-0.1, -0.05) is 64.2 Å². The molecule has 1 N–H and O–H groups in total. The number of amides is 1. The zero-order chi connectivity index (χ0) is 23.6. The fourth-order valence-corrected chi connectivity index (χ4v) is 5.55. The van der Waals surface area contributed by atoms with Crippen LogP contribution in [0.3, 0.4) is 0 Å². The van der Waals surface area contributed by atoms with Crippen molar-refractivity contribution in [2.75, 3.05) is 18.4 Å². The molecule has 2 rings (SSSR count). The molecule has 2 aromatic heterocycles. The molecular weight excluding hydrogens is 450 g/mol. The van der Waals surface area contributed by atoms with Gasteiger partial charge in [0.15, 0.2) is 0 Å². The summed E-state index contributed by atoms with van der Waals surface area (Å²) in [5.74, 6) is -0.466. The number of anilines is 1. The summed E-state index contributed by atoms with van der Waals surface area (Å²) >= 11 is 1.32. The van der Waals surface area contributed by atoms with Crippen molar-refractivity contribution < 1.29 is 13.2 Å². The highest BCUT2D eigenvalue weighted by molar-refractivity contribution is 7.89. The summed E-state index contributed by atoms with van der Waals surface area (Å²) in [6.07, 6.45) is 9.18. The van der Waals surface area contributed by atoms with Crippen molar-refractivity contribution in [3.8, 4) is 0 Å². The zero-order valence-electron chi connectivity index (χ0n) is 19.0. The van der Waals surface area contributed by atoms with Gasteiger partial charge in [-0.05, 0) is 12.5 Å².